The fourth-order valence-electron chi connectivity index (χ4n) is 3.85. The molecule has 0 aliphatic rings. The van der Waals surface area contributed by atoms with Crippen molar-refractivity contribution in [1.29, 1.82) is 0 Å². The summed E-state index contributed by atoms with van der Waals surface area (Å²) < 4.78 is 7.56. The maximum atomic E-state index is 13.4. The average molecular weight is 592 g/mol. The highest BCUT2D eigenvalue weighted by molar-refractivity contribution is 9.10. The molecule has 0 atom stereocenters. The third-order valence-corrected chi connectivity index (χ3v) is 6.34. The van der Waals surface area contributed by atoms with Crippen molar-refractivity contribution >= 4 is 50.3 Å². The largest absolute Gasteiger partial charge is 0.476 e. The molecule has 39 heavy (non-hydrogen) atoms. The Hall–Kier alpha value is -4.38. The molecule has 11 heteroatoms. The van der Waals surface area contributed by atoms with Crippen LogP contribution >= 0.6 is 15.9 Å². The number of rotatable bonds is 10. The first-order valence-electron chi connectivity index (χ1n) is 12.3. The van der Waals surface area contributed by atoms with Gasteiger partial charge in [-0.3, -0.25) is 19.7 Å². The number of unbranched alkanes of at least 4 members (excludes halogenated alkanes) is 1. The molecule has 0 aliphatic heterocycles. The number of halogens is 1. The number of aryl methyl sites for hydroxylation is 2. The Labute approximate surface area is 232 Å². The standard InChI is InChI=1S/C28H26BrN5O5/c1-3-4-8-25-32-23-14-11-20(29)15-22(23)28(36)33(25)30-16-19-6-5-7-24(34(37)38)27(19)39-17-26(35)31-21-12-9-18(2)10-13-21/h5-7,9-16H,3-4,8,17H2,1-2H3,(H,31,35). The van der Waals surface area contributed by atoms with E-state index in [-0.39, 0.29) is 22.6 Å². The lowest BCUT2D eigenvalue weighted by Gasteiger charge is -2.11. The third-order valence-electron chi connectivity index (χ3n) is 5.85. The molecule has 10 nitrogen and oxygen atoms in total. The molecule has 0 unspecified atom stereocenters. The number of fused-ring (bicyclic) bond motifs is 1. The minimum atomic E-state index is -0.599. The van der Waals surface area contributed by atoms with Crippen molar-refractivity contribution in [2.45, 2.75) is 33.1 Å². The Balaban J connectivity index is 1.67. The summed E-state index contributed by atoms with van der Waals surface area (Å²) in [5.41, 5.74) is 1.71. The van der Waals surface area contributed by atoms with Crippen LogP contribution in [0.5, 0.6) is 5.75 Å². The number of para-hydroxylation sites is 1. The summed E-state index contributed by atoms with van der Waals surface area (Å²) in [6.07, 6.45) is 3.52. The molecule has 0 bridgehead atoms. The minimum absolute atomic E-state index is 0.134. The summed E-state index contributed by atoms with van der Waals surface area (Å²) in [7, 11) is 0. The number of amides is 1. The van der Waals surface area contributed by atoms with Gasteiger partial charge in [0.25, 0.3) is 11.5 Å². The van der Waals surface area contributed by atoms with Gasteiger partial charge in [0, 0.05) is 28.2 Å². The number of nitro benzene ring substituents is 1. The summed E-state index contributed by atoms with van der Waals surface area (Å²) in [5.74, 6) is -0.148. The molecule has 200 valence electrons. The Morgan fingerprint density at radius 2 is 1.97 bits per heavy atom. The molecular formula is C28H26BrN5O5. The quantitative estimate of drug-likeness (QED) is 0.145. The number of benzene rings is 3. The Morgan fingerprint density at radius 1 is 1.21 bits per heavy atom. The van der Waals surface area contributed by atoms with Crippen molar-refractivity contribution in [2.75, 3.05) is 11.9 Å². The molecule has 4 aromatic rings. The van der Waals surface area contributed by atoms with Crippen LogP contribution < -0.4 is 15.6 Å². The Kier molecular flexibility index (Phi) is 8.82. The van der Waals surface area contributed by atoms with E-state index in [1.807, 2.05) is 32.0 Å². The molecule has 0 spiro atoms. The third kappa shape index (κ3) is 6.74. The zero-order valence-corrected chi connectivity index (χ0v) is 23.0. The predicted molar refractivity (Wildman–Crippen MR) is 154 cm³/mol. The number of nitro groups is 1. The summed E-state index contributed by atoms with van der Waals surface area (Å²) >= 11 is 3.38. The molecule has 0 saturated heterocycles. The first kappa shape index (κ1) is 27.6. The lowest BCUT2D eigenvalue weighted by Crippen LogP contribution is -2.23. The minimum Gasteiger partial charge on any atom is -0.476 e. The summed E-state index contributed by atoms with van der Waals surface area (Å²) in [6.45, 7) is 3.50. The van der Waals surface area contributed by atoms with E-state index >= 15 is 0 Å². The molecule has 1 aromatic heterocycles. The first-order valence-corrected chi connectivity index (χ1v) is 13.1. The average Bonchev–Trinajstić information content (AvgIpc) is 2.92. The van der Waals surface area contributed by atoms with E-state index in [4.69, 9.17) is 4.74 Å². The number of aromatic nitrogens is 2. The predicted octanol–water partition coefficient (Wildman–Crippen LogP) is 5.62. The van der Waals surface area contributed by atoms with E-state index in [0.29, 0.717) is 28.8 Å². The monoisotopic (exact) mass is 591 g/mol. The van der Waals surface area contributed by atoms with Crippen LogP contribution in [0.1, 0.15) is 36.7 Å². The highest BCUT2D eigenvalue weighted by Crippen LogP contribution is 2.30. The van der Waals surface area contributed by atoms with Crippen molar-refractivity contribution in [2.24, 2.45) is 5.10 Å². The van der Waals surface area contributed by atoms with Crippen LogP contribution in [0.15, 0.2) is 75.0 Å². The molecule has 1 N–H and O–H groups in total. The van der Waals surface area contributed by atoms with Gasteiger partial charge in [-0.05, 0) is 49.7 Å². The fraction of sp³-hybridized carbons (Fsp3) is 0.214. The zero-order chi connectivity index (χ0) is 27.9. The van der Waals surface area contributed by atoms with Crippen LogP contribution in [-0.2, 0) is 11.2 Å². The van der Waals surface area contributed by atoms with E-state index in [9.17, 15) is 19.7 Å². The smallest absolute Gasteiger partial charge is 0.311 e. The summed E-state index contributed by atoms with van der Waals surface area (Å²) in [5, 5.41) is 19.2. The van der Waals surface area contributed by atoms with Gasteiger partial charge in [0.2, 0.25) is 5.75 Å². The highest BCUT2D eigenvalue weighted by Gasteiger charge is 2.20. The van der Waals surface area contributed by atoms with Crippen molar-refractivity contribution in [3.63, 3.8) is 0 Å². The number of ether oxygens (including phenoxy) is 1. The molecule has 0 radical (unpaired) electrons. The molecule has 0 fully saturated rings. The molecule has 0 saturated carbocycles. The van der Waals surface area contributed by atoms with Gasteiger partial charge >= 0.3 is 5.69 Å². The van der Waals surface area contributed by atoms with Crippen molar-refractivity contribution in [3.05, 3.63) is 103 Å². The van der Waals surface area contributed by atoms with Crippen molar-refractivity contribution in [1.82, 2.24) is 9.66 Å². The Morgan fingerprint density at radius 3 is 2.69 bits per heavy atom. The lowest BCUT2D eigenvalue weighted by atomic mass is 10.2. The van der Waals surface area contributed by atoms with Crippen LogP contribution in [0.25, 0.3) is 10.9 Å². The van der Waals surface area contributed by atoms with Gasteiger partial charge in [-0.25, -0.2) is 4.98 Å². The second-order valence-corrected chi connectivity index (χ2v) is 9.73. The SMILES string of the molecule is CCCCc1nc2ccc(Br)cc2c(=O)n1N=Cc1cccc([N+](=O)[O-])c1OCC(=O)Nc1ccc(C)cc1. The van der Waals surface area contributed by atoms with Gasteiger partial charge in [-0.2, -0.15) is 9.78 Å². The van der Waals surface area contributed by atoms with Gasteiger partial charge < -0.3 is 10.1 Å². The topological polar surface area (TPSA) is 129 Å². The summed E-state index contributed by atoms with van der Waals surface area (Å²) in [4.78, 5) is 41.6. The van der Waals surface area contributed by atoms with E-state index in [0.717, 1.165) is 22.9 Å². The maximum absolute atomic E-state index is 13.4. The van der Waals surface area contributed by atoms with Gasteiger partial charge in [0.15, 0.2) is 6.61 Å². The highest BCUT2D eigenvalue weighted by atomic mass is 79.9. The second kappa shape index (κ2) is 12.4. The van der Waals surface area contributed by atoms with Crippen molar-refractivity contribution in [3.8, 4) is 5.75 Å². The van der Waals surface area contributed by atoms with E-state index in [2.05, 4.69) is 31.3 Å². The van der Waals surface area contributed by atoms with Crippen LogP contribution in [0, 0.1) is 17.0 Å². The fourth-order valence-corrected chi connectivity index (χ4v) is 4.21. The second-order valence-electron chi connectivity index (χ2n) is 8.81. The number of anilines is 1. The maximum Gasteiger partial charge on any atom is 0.311 e. The number of hydrogen-bond acceptors (Lipinski definition) is 7. The van der Waals surface area contributed by atoms with E-state index < -0.39 is 17.4 Å². The van der Waals surface area contributed by atoms with Gasteiger partial charge in [0.1, 0.15) is 5.82 Å². The summed E-state index contributed by atoms with van der Waals surface area (Å²) in [6, 6.07) is 16.8. The van der Waals surface area contributed by atoms with Gasteiger partial charge in [-0.15, -0.1) is 0 Å². The van der Waals surface area contributed by atoms with Crippen LogP contribution in [-0.4, -0.2) is 33.3 Å². The van der Waals surface area contributed by atoms with E-state index in [1.165, 1.54) is 23.0 Å². The molecule has 1 amide bonds. The first-order chi connectivity index (χ1) is 18.8. The molecule has 0 aliphatic carbocycles. The number of carbonyl (C=O) groups is 1. The van der Waals surface area contributed by atoms with E-state index in [1.54, 1.807) is 30.3 Å². The number of carbonyl (C=O) groups excluding carboxylic acids is 1. The number of nitrogens with zero attached hydrogens (tertiary/aromatic N) is 4. The van der Waals surface area contributed by atoms with Crippen LogP contribution in [0.4, 0.5) is 11.4 Å². The Bertz CT molecular complexity index is 1620. The molecule has 1 heterocycles. The zero-order valence-electron chi connectivity index (χ0n) is 21.4. The number of hydrogen-bond donors (Lipinski definition) is 1. The normalized spacial score (nSPS) is 11.2. The van der Waals surface area contributed by atoms with Crippen molar-refractivity contribution < 1.29 is 14.5 Å². The number of nitrogens with one attached hydrogen (secondary N) is 1. The van der Waals surface area contributed by atoms with Crippen LogP contribution in [0.2, 0.25) is 0 Å². The lowest BCUT2D eigenvalue weighted by molar-refractivity contribution is -0.385. The van der Waals surface area contributed by atoms with Gasteiger partial charge in [0.05, 0.1) is 22.0 Å². The van der Waals surface area contributed by atoms with Crippen LogP contribution in [0.3, 0.4) is 0 Å². The molecule has 3 aromatic carbocycles. The molecule has 4 rings (SSSR count). The molecular weight excluding hydrogens is 566 g/mol. The van der Waals surface area contributed by atoms with Gasteiger partial charge in [-0.1, -0.05) is 53.0 Å².